The summed E-state index contributed by atoms with van der Waals surface area (Å²) in [6, 6.07) is 45.4. The zero-order valence-electron chi connectivity index (χ0n) is 24.0. The van der Waals surface area contributed by atoms with E-state index in [-0.39, 0.29) is 5.41 Å². The molecule has 3 aromatic heterocycles. The minimum atomic E-state index is -0.0605. The van der Waals surface area contributed by atoms with Crippen molar-refractivity contribution >= 4 is 33.0 Å². The smallest absolute Gasteiger partial charge is 0.145 e. The zero-order valence-corrected chi connectivity index (χ0v) is 24.0. The summed E-state index contributed by atoms with van der Waals surface area (Å²) in [4.78, 5) is 9.91. The maximum Gasteiger partial charge on any atom is 0.145 e. The number of aromatic nitrogens is 4. The summed E-state index contributed by atoms with van der Waals surface area (Å²) < 4.78 is 4.62. The van der Waals surface area contributed by atoms with Gasteiger partial charge in [0.05, 0.1) is 27.6 Å². The first-order chi connectivity index (χ1) is 21.1. The highest BCUT2D eigenvalue weighted by Gasteiger charge is 2.36. The molecule has 0 aliphatic heterocycles. The molecule has 0 fully saturated rings. The summed E-state index contributed by atoms with van der Waals surface area (Å²) >= 11 is 0. The summed E-state index contributed by atoms with van der Waals surface area (Å²) in [6.07, 6.45) is 1.90. The monoisotopic (exact) mass is 552 g/mol. The van der Waals surface area contributed by atoms with Gasteiger partial charge in [-0.2, -0.15) is 0 Å². The Hall–Kier alpha value is -5.48. The first kappa shape index (κ1) is 24.2. The van der Waals surface area contributed by atoms with Gasteiger partial charge in [-0.3, -0.25) is 9.55 Å². The lowest BCUT2D eigenvalue weighted by Gasteiger charge is -2.21. The number of rotatable bonds is 3. The predicted molar refractivity (Wildman–Crippen MR) is 176 cm³/mol. The highest BCUT2D eigenvalue weighted by atomic mass is 15.1. The van der Waals surface area contributed by atoms with Crippen LogP contribution in [0.2, 0.25) is 0 Å². The van der Waals surface area contributed by atoms with E-state index in [1.165, 1.54) is 33.2 Å². The van der Waals surface area contributed by atoms with E-state index in [2.05, 4.69) is 132 Å². The molecule has 0 spiro atoms. The van der Waals surface area contributed by atoms with Crippen LogP contribution in [0.5, 0.6) is 0 Å². The molecule has 3 heterocycles. The number of nitrogens with zero attached hydrogens (tertiary/aromatic N) is 4. The Morgan fingerprint density at radius 1 is 0.558 bits per heavy atom. The van der Waals surface area contributed by atoms with Crippen LogP contribution in [-0.4, -0.2) is 19.1 Å². The van der Waals surface area contributed by atoms with Crippen LogP contribution in [0.1, 0.15) is 25.0 Å². The number of imidazole rings is 1. The lowest BCUT2D eigenvalue weighted by atomic mass is 9.82. The van der Waals surface area contributed by atoms with Crippen molar-refractivity contribution in [1.82, 2.24) is 19.1 Å². The fourth-order valence-corrected chi connectivity index (χ4v) is 7.12. The van der Waals surface area contributed by atoms with E-state index in [9.17, 15) is 0 Å². The molecule has 0 bridgehead atoms. The predicted octanol–water partition coefficient (Wildman–Crippen LogP) is 9.49. The standard InChI is InChI=1S/C39H28N4/c1-39(2)31-14-7-6-13-28(31)29-24-36-30(23-32(29)39)37-35(17-10-22-40-37)42(36)26-18-20-27(21-19-26)43-34-16-9-8-15-33(34)41-38(43)25-11-4-3-5-12-25/h3-24H,1-2H3. The van der Waals surface area contributed by atoms with Gasteiger partial charge < -0.3 is 4.57 Å². The quantitative estimate of drug-likeness (QED) is 0.219. The van der Waals surface area contributed by atoms with Crippen LogP contribution in [0.15, 0.2) is 134 Å². The largest absolute Gasteiger partial charge is 0.308 e. The normalized spacial score (nSPS) is 13.5. The molecule has 0 saturated carbocycles. The average molecular weight is 553 g/mol. The molecular weight excluding hydrogens is 524 g/mol. The molecule has 0 atom stereocenters. The third-order valence-electron chi connectivity index (χ3n) is 9.18. The highest BCUT2D eigenvalue weighted by molar-refractivity contribution is 6.09. The molecule has 43 heavy (non-hydrogen) atoms. The number of hydrogen-bond acceptors (Lipinski definition) is 2. The van der Waals surface area contributed by atoms with Crippen molar-refractivity contribution in [3.63, 3.8) is 0 Å². The molecule has 0 amide bonds. The van der Waals surface area contributed by atoms with Gasteiger partial charge in [-0.25, -0.2) is 4.98 Å². The maximum absolute atomic E-state index is 5.03. The third-order valence-corrected chi connectivity index (χ3v) is 9.18. The SMILES string of the molecule is CC1(C)c2ccccc2-c2cc3c(cc21)c1ncccc1n3-c1ccc(-n2c(-c3ccccc3)nc3ccccc32)cc1. The van der Waals surface area contributed by atoms with E-state index in [1.807, 2.05) is 24.4 Å². The van der Waals surface area contributed by atoms with Gasteiger partial charge in [-0.1, -0.05) is 80.6 Å². The highest BCUT2D eigenvalue weighted by Crippen LogP contribution is 2.50. The van der Waals surface area contributed by atoms with E-state index in [4.69, 9.17) is 9.97 Å². The van der Waals surface area contributed by atoms with Crippen molar-refractivity contribution in [2.75, 3.05) is 0 Å². The molecule has 0 N–H and O–H groups in total. The topological polar surface area (TPSA) is 35.6 Å². The van der Waals surface area contributed by atoms with Gasteiger partial charge in [0, 0.05) is 33.9 Å². The minimum absolute atomic E-state index is 0.0605. The van der Waals surface area contributed by atoms with Crippen LogP contribution in [-0.2, 0) is 5.41 Å². The van der Waals surface area contributed by atoms with Gasteiger partial charge >= 0.3 is 0 Å². The number of pyridine rings is 1. The fraction of sp³-hybridized carbons (Fsp3) is 0.0769. The van der Waals surface area contributed by atoms with Crippen molar-refractivity contribution < 1.29 is 0 Å². The molecule has 0 saturated heterocycles. The lowest BCUT2D eigenvalue weighted by Crippen LogP contribution is -2.14. The molecule has 204 valence electrons. The van der Waals surface area contributed by atoms with Crippen molar-refractivity contribution in [2.45, 2.75) is 19.3 Å². The molecule has 9 rings (SSSR count). The molecule has 0 radical (unpaired) electrons. The minimum Gasteiger partial charge on any atom is -0.308 e. The van der Waals surface area contributed by atoms with Gasteiger partial charge in [-0.15, -0.1) is 0 Å². The number of para-hydroxylation sites is 2. The Labute approximate surface area is 249 Å². The molecular formula is C39H28N4. The van der Waals surface area contributed by atoms with Gasteiger partial charge in [0.15, 0.2) is 0 Å². The Morgan fingerprint density at radius 3 is 2.09 bits per heavy atom. The Kier molecular flexibility index (Phi) is 4.92. The summed E-state index contributed by atoms with van der Waals surface area (Å²) in [5.74, 6) is 0.937. The van der Waals surface area contributed by atoms with Crippen LogP contribution < -0.4 is 0 Å². The lowest BCUT2D eigenvalue weighted by molar-refractivity contribution is 0.661. The van der Waals surface area contributed by atoms with Crippen LogP contribution in [0.3, 0.4) is 0 Å². The summed E-state index contributed by atoms with van der Waals surface area (Å²) in [6.45, 7) is 4.66. The van der Waals surface area contributed by atoms with Crippen molar-refractivity contribution in [2.24, 2.45) is 0 Å². The Bertz CT molecular complexity index is 2360. The second-order valence-electron chi connectivity index (χ2n) is 11.9. The van der Waals surface area contributed by atoms with Gasteiger partial charge in [-0.05, 0) is 82.9 Å². The molecule has 4 heteroatoms. The molecule has 5 aromatic carbocycles. The van der Waals surface area contributed by atoms with E-state index in [0.717, 1.165) is 44.8 Å². The van der Waals surface area contributed by atoms with Gasteiger partial charge in [0.25, 0.3) is 0 Å². The molecule has 4 nitrogen and oxygen atoms in total. The zero-order chi connectivity index (χ0) is 28.7. The summed E-state index contributed by atoms with van der Waals surface area (Å²) in [5.41, 5.74) is 14.0. The van der Waals surface area contributed by atoms with E-state index in [1.54, 1.807) is 0 Å². The number of benzene rings is 5. The van der Waals surface area contributed by atoms with Crippen molar-refractivity contribution in [3.05, 3.63) is 145 Å². The second kappa shape index (κ2) is 8.76. The molecule has 1 aliphatic carbocycles. The average Bonchev–Trinajstić information content (AvgIpc) is 3.67. The van der Waals surface area contributed by atoms with E-state index < -0.39 is 0 Å². The Balaban J connectivity index is 1.26. The van der Waals surface area contributed by atoms with Crippen molar-refractivity contribution in [1.29, 1.82) is 0 Å². The number of hydrogen-bond donors (Lipinski definition) is 0. The molecule has 1 aliphatic rings. The summed E-state index contributed by atoms with van der Waals surface area (Å²) in [5, 5.41) is 1.19. The Morgan fingerprint density at radius 2 is 1.26 bits per heavy atom. The van der Waals surface area contributed by atoms with E-state index >= 15 is 0 Å². The summed E-state index contributed by atoms with van der Waals surface area (Å²) in [7, 11) is 0. The first-order valence-electron chi connectivity index (χ1n) is 14.8. The first-order valence-corrected chi connectivity index (χ1v) is 14.8. The van der Waals surface area contributed by atoms with Crippen LogP contribution in [0.4, 0.5) is 0 Å². The molecule has 8 aromatic rings. The van der Waals surface area contributed by atoms with Crippen molar-refractivity contribution in [3.8, 4) is 33.9 Å². The third kappa shape index (κ3) is 3.38. The molecule has 0 unspecified atom stereocenters. The number of fused-ring (bicyclic) bond motifs is 7. The second-order valence-corrected chi connectivity index (χ2v) is 11.9. The fourth-order valence-electron chi connectivity index (χ4n) is 7.12. The van der Waals surface area contributed by atoms with E-state index in [0.29, 0.717) is 0 Å². The maximum atomic E-state index is 5.03. The van der Waals surface area contributed by atoms with Crippen LogP contribution in [0, 0.1) is 0 Å². The van der Waals surface area contributed by atoms with Crippen LogP contribution in [0.25, 0.3) is 66.9 Å². The van der Waals surface area contributed by atoms with Gasteiger partial charge in [0.1, 0.15) is 5.82 Å². The van der Waals surface area contributed by atoms with Crippen LogP contribution >= 0.6 is 0 Å². The van der Waals surface area contributed by atoms with Gasteiger partial charge in [0.2, 0.25) is 0 Å².